The molecule has 2 heterocycles. The number of aromatic nitrogens is 1. The van der Waals surface area contributed by atoms with Crippen LogP contribution in [0.2, 0.25) is 0 Å². The number of amides is 1. The molecule has 2 aromatic rings. The highest BCUT2D eigenvalue weighted by atomic mass is 16.5. The summed E-state index contributed by atoms with van der Waals surface area (Å²) in [6, 6.07) is 5.85. The number of benzene rings is 1. The number of oxazole rings is 1. The van der Waals surface area contributed by atoms with Crippen LogP contribution < -0.4 is 9.64 Å². The predicted octanol–water partition coefficient (Wildman–Crippen LogP) is 1.90. The Morgan fingerprint density at radius 3 is 2.84 bits per heavy atom. The van der Waals surface area contributed by atoms with E-state index in [1.165, 1.54) is 0 Å². The second-order valence-corrected chi connectivity index (χ2v) is 5.87. The molecule has 132 valence electrons. The Balaban J connectivity index is 1.83. The maximum absolute atomic E-state index is 12.0. The summed E-state index contributed by atoms with van der Waals surface area (Å²) >= 11 is 0. The summed E-state index contributed by atoms with van der Waals surface area (Å²) in [6.45, 7) is 3.76. The van der Waals surface area contributed by atoms with E-state index in [1.54, 1.807) is 25.1 Å². The molecule has 1 fully saturated rings. The zero-order chi connectivity index (χ0) is 17.8. The largest absolute Gasteiger partial charge is 0.496 e. The topological polar surface area (TPSA) is 75.9 Å². The lowest BCUT2D eigenvalue weighted by atomic mass is 10.1. The van der Waals surface area contributed by atoms with E-state index >= 15 is 0 Å². The highest BCUT2D eigenvalue weighted by Crippen LogP contribution is 2.34. The Kier molecular flexibility index (Phi) is 5.02. The molecule has 1 saturated heterocycles. The van der Waals surface area contributed by atoms with Crippen molar-refractivity contribution in [2.24, 2.45) is 0 Å². The van der Waals surface area contributed by atoms with Crippen LogP contribution in [0.1, 0.15) is 12.3 Å². The number of nitrogens with zero attached hydrogens (tertiary/aromatic N) is 3. The Bertz CT molecular complexity index is 771. The van der Waals surface area contributed by atoms with Gasteiger partial charge in [-0.25, -0.2) is 4.98 Å². The monoisotopic (exact) mass is 343 g/mol. The number of ether oxygens (including phenoxy) is 1. The highest BCUT2D eigenvalue weighted by molar-refractivity contribution is 5.80. The van der Waals surface area contributed by atoms with Gasteiger partial charge in [-0.3, -0.25) is 4.79 Å². The second kappa shape index (κ2) is 7.38. The molecule has 3 rings (SSSR count). The van der Waals surface area contributed by atoms with Crippen LogP contribution in [-0.2, 0) is 9.59 Å². The third-order valence-corrected chi connectivity index (χ3v) is 4.32. The van der Waals surface area contributed by atoms with Crippen molar-refractivity contribution in [3.8, 4) is 17.1 Å². The number of methoxy groups -OCH3 is 1. The van der Waals surface area contributed by atoms with Gasteiger partial charge in [0.2, 0.25) is 5.91 Å². The molecule has 0 atom stereocenters. The number of anilines is 1. The first-order valence-corrected chi connectivity index (χ1v) is 8.19. The molecular formula is C18H21N3O4. The molecule has 7 nitrogen and oxygen atoms in total. The van der Waals surface area contributed by atoms with Crippen LogP contribution in [0.4, 0.5) is 5.69 Å². The molecule has 1 aliphatic rings. The maximum atomic E-state index is 12.0. The van der Waals surface area contributed by atoms with Crippen LogP contribution in [0.5, 0.6) is 5.75 Å². The van der Waals surface area contributed by atoms with Gasteiger partial charge in [0, 0.05) is 44.7 Å². The van der Waals surface area contributed by atoms with E-state index in [-0.39, 0.29) is 12.5 Å². The second-order valence-electron chi connectivity index (χ2n) is 5.87. The first-order valence-electron chi connectivity index (χ1n) is 8.19. The molecule has 0 spiro atoms. The van der Waals surface area contributed by atoms with Gasteiger partial charge in [-0.2, -0.15) is 0 Å². The van der Waals surface area contributed by atoms with Crippen LogP contribution >= 0.6 is 0 Å². The first-order chi connectivity index (χ1) is 12.1. The van der Waals surface area contributed by atoms with E-state index < -0.39 is 0 Å². The minimum absolute atomic E-state index is 0.00956. The van der Waals surface area contributed by atoms with Crippen molar-refractivity contribution in [3.63, 3.8) is 0 Å². The number of hydrogen-bond acceptors (Lipinski definition) is 6. The van der Waals surface area contributed by atoms with Gasteiger partial charge in [0.05, 0.1) is 25.4 Å². The number of rotatable bonds is 5. The lowest BCUT2D eigenvalue weighted by Gasteiger charge is -2.24. The molecule has 1 aromatic carbocycles. The minimum atomic E-state index is 0.00956. The van der Waals surface area contributed by atoms with Crippen molar-refractivity contribution >= 4 is 17.9 Å². The van der Waals surface area contributed by atoms with Gasteiger partial charge < -0.3 is 23.7 Å². The number of carbonyl (C=O) groups is 2. The summed E-state index contributed by atoms with van der Waals surface area (Å²) in [5.41, 5.74) is 1.80. The minimum Gasteiger partial charge on any atom is -0.496 e. The average molecular weight is 343 g/mol. The van der Waals surface area contributed by atoms with Crippen molar-refractivity contribution in [2.45, 2.75) is 13.3 Å². The van der Waals surface area contributed by atoms with Crippen LogP contribution in [0.3, 0.4) is 0 Å². The third kappa shape index (κ3) is 3.65. The van der Waals surface area contributed by atoms with Gasteiger partial charge in [-0.1, -0.05) is 0 Å². The van der Waals surface area contributed by atoms with Gasteiger partial charge in [-0.05, 0) is 12.1 Å². The summed E-state index contributed by atoms with van der Waals surface area (Å²) in [6.07, 6.45) is 2.83. The molecule has 1 aliphatic heterocycles. The van der Waals surface area contributed by atoms with E-state index in [0.29, 0.717) is 43.5 Å². The fraction of sp³-hybridized carbons (Fsp3) is 0.389. The van der Waals surface area contributed by atoms with Gasteiger partial charge >= 0.3 is 0 Å². The van der Waals surface area contributed by atoms with Gasteiger partial charge in [0.1, 0.15) is 12.0 Å². The quantitative estimate of drug-likeness (QED) is 0.772. The molecule has 1 aromatic heterocycles. The molecule has 0 saturated carbocycles. The highest BCUT2D eigenvalue weighted by Gasteiger charge is 2.21. The van der Waals surface area contributed by atoms with Gasteiger partial charge in [0.15, 0.2) is 11.7 Å². The molecule has 25 heavy (non-hydrogen) atoms. The molecular weight excluding hydrogens is 322 g/mol. The third-order valence-electron chi connectivity index (χ3n) is 4.32. The van der Waals surface area contributed by atoms with Crippen molar-refractivity contribution in [3.05, 3.63) is 30.3 Å². The van der Waals surface area contributed by atoms with Crippen molar-refractivity contribution in [1.29, 1.82) is 0 Å². The summed E-state index contributed by atoms with van der Waals surface area (Å²) in [7, 11) is 1.61. The normalized spacial score (nSPS) is 15.2. The van der Waals surface area contributed by atoms with Crippen molar-refractivity contribution < 1.29 is 18.7 Å². The summed E-state index contributed by atoms with van der Waals surface area (Å²) < 4.78 is 11.1. The summed E-state index contributed by atoms with van der Waals surface area (Å²) in [5.74, 6) is 1.95. The molecule has 0 unspecified atom stereocenters. The maximum Gasteiger partial charge on any atom is 0.224 e. The number of hydrogen-bond donors (Lipinski definition) is 0. The Morgan fingerprint density at radius 2 is 2.16 bits per heavy atom. The SMILES string of the molecule is COc1cc(N2CCC(=O)N(CC=O)CC2)ccc1-c1cnc(C)o1. The average Bonchev–Trinajstić information content (AvgIpc) is 2.97. The number of carbonyl (C=O) groups excluding carboxylic acids is 2. The van der Waals surface area contributed by atoms with E-state index in [0.717, 1.165) is 17.5 Å². The van der Waals surface area contributed by atoms with E-state index in [1.807, 2.05) is 18.2 Å². The molecule has 0 radical (unpaired) electrons. The van der Waals surface area contributed by atoms with Gasteiger partial charge in [-0.15, -0.1) is 0 Å². The van der Waals surface area contributed by atoms with Crippen LogP contribution in [0.15, 0.2) is 28.8 Å². The molecule has 0 bridgehead atoms. The Morgan fingerprint density at radius 1 is 1.32 bits per heavy atom. The zero-order valence-corrected chi connectivity index (χ0v) is 14.4. The first kappa shape index (κ1) is 17.0. The standard InChI is InChI=1S/C18H21N3O4/c1-13-19-12-17(25-13)15-4-3-14(11-16(15)24-2)20-6-5-18(23)21(8-7-20)9-10-22/h3-4,10-12H,5-9H2,1-2H3. The summed E-state index contributed by atoms with van der Waals surface area (Å²) in [4.78, 5) is 30.6. The van der Waals surface area contributed by atoms with Crippen molar-refractivity contribution in [1.82, 2.24) is 9.88 Å². The lowest BCUT2D eigenvalue weighted by molar-refractivity contribution is -0.132. The van der Waals surface area contributed by atoms with Gasteiger partial charge in [0.25, 0.3) is 0 Å². The van der Waals surface area contributed by atoms with Crippen molar-refractivity contribution in [2.75, 3.05) is 38.2 Å². The van der Waals surface area contributed by atoms with Crippen LogP contribution in [0.25, 0.3) is 11.3 Å². The number of aldehydes is 1. The Hall–Kier alpha value is -2.83. The van der Waals surface area contributed by atoms with Crippen LogP contribution in [0, 0.1) is 6.92 Å². The fourth-order valence-corrected chi connectivity index (χ4v) is 2.97. The lowest BCUT2D eigenvalue weighted by Crippen LogP contribution is -2.34. The smallest absolute Gasteiger partial charge is 0.224 e. The fourth-order valence-electron chi connectivity index (χ4n) is 2.97. The molecule has 1 amide bonds. The molecule has 0 aliphatic carbocycles. The van der Waals surface area contributed by atoms with E-state index in [2.05, 4.69) is 9.88 Å². The summed E-state index contributed by atoms with van der Waals surface area (Å²) in [5, 5.41) is 0. The van der Waals surface area contributed by atoms with E-state index in [4.69, 9.17) is 9.15 Å². The Labute approximate surface area is 146 Å². The zero-order valence-electron chi connectivity index (χ0n) is 14.4. The van der Waals surface area contributed by atoms with Crippen LogP contribution in [-0.4, -0.2) is 55.4 Å². The number of aryl methyl sites for hydroxylation is 1. The van der Waals surface area contributed by atoms with E-state index in [9.17, 15) is 9.59 Å². The molecule has 7 heteroatoms. The predicted molar refractivity (Wildman–Crippen MR) is 92.7 cm³/mol. The molecule has 0 N–H and O–H groups in total.